The lowest BCUT2D eigenvalue weighted by Gasteiger charge is -2.29. The summed E-state index contributed by atoms with van der Waals surface area (Å²) >= 11 is 0. The normalized spacial score (nSPS) is 21.0. The molecule has 0 saturated carbocycles. The van der Waals surface area contributed by atoms with Gasteiger partial charge in [0.2, 0.25) is 0 Å². The summed E-state index contributed by atoms with van der Waals surface area (Å²) < 4.78 is 0. The Hall–Kier alpha value is -0.120. The molecule has 1 aliphatic heterocycles. The summed E-state index contributed by atoms with van der Waals surface area (Å²) in [4.78, 5) is 2.56. The van der Waals surface area contributed by atoms with Gasteiger partial charge in [-0.2, -0.15) is 0 Å². The average Bonchev–Trinajstić information content (AvgIpc) is 2.20. The molecule has 0 bridgehead atoms. The minimum Gasteiger partial charge on any atom is -0.316 e. The quantitative estimate of drug-likeness (QED) is 0.611. The van der Waals surface area contributed by atoms with E-state index >= 15 is 0 Å². The molecule has 1 atom stereocenters. The van der Waals surface area contributed by atoms with Crippen LogP contribution in [-0.2, 0) is 0 Å². The van der Waals surface area contributed by atoms with E-state index in [0.717, 1.165) is 32.1 Å². The van der Waals surface area contributed by atoms with Crippen LogP contribution in [0.2, 0.25) is 0 Å². The van der Waals surface area contributed by atoms with Crippen LogP contribution in [-0.4, -0.2) is 50.7 Å². The van der Waals surface area contributed by atoms with E-state index in [1.54, 1.807) is 0 Å². The van der Waals surface area contributed by atoms with Crippen molar-refractivity contribution in [3.63, 3.8) is 0 Å². The topological polar surface area (TPSA) is 27.3 Å². The van der Waals surface area contributed by atoms with E-state index in [4.69, 9.17) is 0 Å². The fourth-order valence-corrected chi connectivity index (χ4v) is 1.92. The second-order valence-corrected chi connectivity index (χ2v) is 4.36. The summed E-state index contributed by atoms with van der Waals surface area (Å²) in [6.07, 6.45) is 1.24. The van der Waals surface area contributed by atoms with Crippen molar-refractivity contribution >= 4 is 0 Å². The molecule has 1 unspecified atom stereocenters. The predicted molar refractivity (Wildman–Crippen MR) is 61.6 cm³/mol. The van der Waals surface area contributed by atoms with Crippen LogP contribution in [0.15, 0.2) is 0 Å². The van der Waals surface area contributed by atoms with Crippen molar-refractivity contribution in [2.75, 3.05) is 45.8 Å². The molecule has 0 aromatic rings. The van der Waals surface area contributed by atoms with Gasteiger partial charge in [-0.3, -0.25) is 0 Å². The molecule has 84 valence electrons. The summed E-state index contributed by atoms with van der Waals surface area (Å²) in [5.41, 5.74) is 0. The van der Waals surface area contributed by atoms with Gasteiger partial charge in [-0.25, -0.2) is 0 Å². The van der Waals surface area contributed by atoms with Gasteiger partial charge in [0, 0.05) is 32.7 Å². The highest BCUT2D eigenvalue weighted by atomic mass is 15.2. The monoisotopic (exact) mass is 199 g/mol. The van der Waals surface area contributed by atoms with Crippen LogP contribution in [0.4, 0.5) is 0 Å². The molecule has 0 amide bonds. The molecular weight excluding hydrogens is 174 g/mol. The molecule has 1 saturated heterocycles. The first-order valence-electron chi connectivity index (χ1n) is 5.96. The van der Waals surface area contributed by atoms with Crippen LogP contribution >= 0.6 is 0 Å². The number of hydrogen-bond donors (Lipinski definition) is 2. The van der Waals surface area contributed by atoms with Crippen molar-refractivity contribution in [1.82, 2.24) is 15.5 Å². The predicted octanol–water partition coefficient (Wildman–Crippen LogP) is 0.527. The van der Waals surface area contributed by atoms with Crippen molar-refractivity contribution in [3.8, 4) is 0 Å². The van der Waals surface area contributed by atoms with Gasteiger partial charge >= 0.3 is 0 Å². The van der Waals surface area contributed by atoms with E-state index in [0.29, 0.717) is 0 Å². The Bertz CT molecular complexity index is 132. The summed E-state index contributed by atoms with van der Waals surface area (Å²) in [6, 6.07) is 0. The lowest BCUT2D eigenvalue weighted by atomic mass is 10.1. The molecule has 0 aromatic carbocycles. The zero-order valence-electron chi connectivity index (χ0n) is 9.68. The number of nitrogens with zero attached hydrogens (tertiary/aromatic N) is 1. The van der Waals surface area contributed by atoms with Crippen molar-refractivity contribution < 1.29 is 0 Å². The van der Waals surface area contributed by atoms with E-state index in [-0.39, 0.29) is 0 Å². The van der Waals surface area contributed by atoms with Gasteiger partial charge in [0.05, 0.1) is 0 Å². The van der Waals surface area contributed by atoms with Gasteiger partial charge in [0.25, 0.3) is 0 Å². The Morgan fingerprint density at radius 1 is 1.36 bits per heavy atom. The third kappa shape index (κ3) is 4.94. The summed E-state index contributed by atoms with van der Waals surface area (Å²) in [5.74, 6) is 0.777. The highest BCUT2D eigenvalue weighted by Gasteiger charge is 2.12. The van der Waals surface area contributed by atoms with Gasteiger partial charge in [0.15, 0.2) is 0 Å². The van der Waals surface area contributed by atoms with Crippen LogP contribution in [0.5, 0.6) is 0 Å². The molecule has 1 heterocycles. The molecule has 1 aliphatic rings. The molecular formula is C11H25N3. The first kappa shape index (κ1) is 12.0. The first-order chi connectivity index (χ1) is 6.83. The molecule has 0 aromatic heterocycles. The highest BCUT2D eigenvalue weighted by molar-refractivity contribution is 4.70. The van der Waals surface area contributed by atoms with Gasteiger partial charge in [0.1, 0.15) is 0 Å². The Balaban J connectivity index is 2.03. The molecule has 0 spiro atoms. The third-order valence-electron chi connectivity index (χ3n) is 2.70. The van der Waals surface area contributed by atoms with E-state index in [1.807, 2.05) is 0 Å². The number of piperazine rings is 1. The van der Waals surface area contributed by atoms with Gasteiger partial charge < -0.3 is 15.5 Å². The molecule has 3 nitrogen and oxygen atoms in total. The molecule has 14 heavy (non-hydrogen) atoms. The van der Waals surface area contributed by atoms with Gasteiger partial charge in [-0.1, -0.05) is 13.8 Å². The summed E-state index contributed by atoms with van der Waals surface area (Å²) in [5, 5.41) is 6.87. The SMILES string of the molecule is CCCNCC(C)CN1CCNCC1. The largest absolute Gasteiger partial charge is 0.316 e. The van der Waals surface area contributed by atoms with E-state index < -0.39 is 0 Å². The Labute approximate surface area is 88.2 Å². The molecule has 2 N–H and O–H groups in total. The fourth-order valence-electron chi connectivity index (χ4n) is 1.92. The fraction of sp³-hybridized carbons (Fsp3) is 1.00. The van der Waals surface area contributed by atoms with Gasteiger partial charge in [-0.05, 0) is 25.4 Å². The minimum absolute atomic E-state index is 0.777. The lowest BCUT2D eigenvalue weighted by molar-refractivity contribution is 0.209. The summed E-state index contributed by atoms with van der Waals surface area (Å²) in [7, 11) is 0. The lowest BCUT2D eigenvalue weighted by Crippen LogP contribution is -2.46. The third-order valence-corrected chi connectivity index (χ3v) is 2.70. The zero-order chi connectivity index (χ0) is 10.2. The average molecular weight is 199 g/mol. The van der Waals surface area contributed by atoms with E-state index in [9.17, 15) is 0 Å². The molecule has 3 heteroatoms. The highest BCUT2D eigenvalue weighted by Crippen LogP contribution is 2.00. The molecule has 0 radical (unpaired) electrons. The van der Waals surface area contributed by atoms with Crippen molar-refractivity contribution in [2.45, 2.75) is 20.3 Å². The minimum atomic E-state index is 0.777. The number of hydrogen-bond acceptors (Lipinski definition) is 3. The van der Waals surface area contributed by atoms with Crippen molar-refractivity contribution in [1.29, 1.82) is 0 Å². The van der Waals surface area contributed by atoms with Crippen LogP contribution in [0, 0.1) is 5.92 Å². The van der Waals surface area contributed by atoms with Crippen LogP contribution in [0.3, 0.4) is 0 Å². The Morgan fingerprint density at radius 3 is 2.71 bits per heavy atom. The van der Waals surface area contributed by atoms with Gasteiger partial charge in [-0.15, -0.1) is 0 Å². The number of nitrogens with one attached hydrogen (secondary N) is 2. The maximum atomic E-state index is 3.48. The molecule has 1 fully saturated rings. The molecule has 1 rings (SSSR count). The maximum absolute atomic E-state index is 3.48. The van der Waals surface area contributed by atoms with E-state index in [1.165, 1.54) is 26.1 Å². The molecule has 0 aliphatic carbocycles. The second-order valence-electron chi connectivity index (χ2n) is 4.36. The zero-order valence-corrected chi connectivity index (χ0v) is 9.68. The summed E-state index contributed by atoms with van der Waals surface area (Å²) in [6.45, 7) is 12.9. The van der Waals surface area contributed by atoms with Crippen LogP contribution in [0.25, 0.3) is 0 Å². The van der Waals surface area contributed by atoms with Crippen LogP contribution in [0.1, 0.15) is 20.3 Å². The maximum Gasteiger partial charge on any atom is 0.0107 e. The smallest absolute Gasteiger partial charge is 0.0107 e. The van der Waals surface area contributed by atoms with Crippen molar-refractivity contribution in [2.24, 2.45) is 5.92 Å². The number of rotatable bonds is 6. The Kier molecular flexibility index (Phi) is 6.15. The standard InChI is InChI=1S/C11H25N3/c1-3-4-13-9-11(2)10-14-7-5-12-6-8-14/h11-13H,3-10H2,1-2H3. The Morgan fingerprint density at radius 2 is 2.07 bits per heavy atom. The van der Waals surface area contributed by atoms with E-state index in [2.05, 4.69) is 29.4 Å². The van der Waals surface area contributed by atoms with Crippen molar-refractivity contribution in [3.05, 3.63) is 0 Å². The second kappa shape index (κ2) is 7.21. The van der Waals surface area contributed by atoms with Crippen LogP contribution < -0.4 is 10.6 Å². The first-order valence-corrected chi connectivity index (χ1v) is 5.96.